The van der Waals surface area contributed by atoms with Crippen LogP contribution in [-0.4, -0.2) is 45.2 Å². The van der Waals surface area contributed by atoms with E-state index in [9.17, 15) is 5.11 Å². The van der Waals surface area contributed by atoms with Gasteiger partial charge in [0.2, 0.25) is 5.89 Å². The van der Waals surface area contributed by atoms with Crippen molar-refractivity contribution >= 4 is 23.5 Å². The molecule has 1 aromatic rings. The fraction of sp³-hybridized carbons (Fsp3) is 0.800. The van der Waals surface area contributed by atoms with E-state index in [1.165, 1.54) is 5.75 Å². The summed E-state index contributed by atoms with van der Waals surface area (Å²) < 4.78 is 5.29. The van der Waals surface area contributed by atoms with Gasteiger partial charge in [0.25, 0.3) is 0 Å². The molecule has 0 radical (unpaired) electrons. The molecule has 3 rings (SSSR count). The lowest BCUT2D eigenvalue weighted by molar-refractivity contribution is 0.191. The minimum atomic E-state index is -0.296. The smallest absolute Gasteiger partial charge is 0.243 e. The van der Waals surface area contributed by atoms with Gasteiger partial charge in [0, 0.05) is 23.8 Å². The third-order valence-corrected chi connectivity index (χ3v) is 5.72. The summed E-state index contributed by atoms with van der Waals surface area (Å²) in [5.41, 5.74) is 0. The zero-order valence-electron chi connectivity index (χ0n) is 9.33. The van der Waals surface area contributed by atoms with Crippen LogP contribution in [0.5, 0.6) is 0 Å². The summed E-state index contributed by atoms with van der Waals surface area (Å²) in [5.74, 6) is 4.85. The molecule has 0 bridgehead atoms. The number of thioether (sulfide) groups is 2. The van der Waals surface area contributed by atoms with Crippen molar-refractivity contribution in [2.24, 2.45) is 0 Å². The van der Waals surface area contributed by atoms with Crippen LogP contribution in [-0.2, 0) is 0 Å². The first-order valence-electron chi connectivity index (χ1n) is 5.77. The first kappa shape index (κ1) is 11.8. The summed E-state index contributed by atoms with van der Waals surface area (Å²) in [4.78, 5) is 4.46. The molecule has 7 heteroatoms. The summed E-state index contributed by atoms with van der Waals surface area (Å²) >= 11 is 3.84. The van der Waals surface area contributed by atoms with Crippen LogP contribution in [0.4, 0.5) is 0 Å². The van der Waals surface area contributed by atoms with Crippen molar-refractivity contribution in [3.05, 3.63) is 11.7 Å². The molecule has 2 N–H and O–H groups in total. The monoisotopic (exact) mass is 273 g/mol. The molecule has 0 saturated carbocycles. The van der Waals surface area contributed by atoms with E-state index < -0.39 is 0 Å². The Bertz CT molecular complexity index is 362. The molecule has 0 spiro atoms. The molecule has 3 heterocycles. The maximum Gasteiger partial charge on any atom is 0.243 e. The van der Waals surface area contributed by atoms with Crippen LogP contribution >= 0.6 is 23.5 Å². The number of aliphatic hydroxyl groups is 1. The molecule has 0 amide bonds. The Kier molecular flexibility index (Phi) is 3.60. The second-order valence-corrected chi connectivity index (χ2v) is 6.74. The highest BCUT2D eigenvalue weighted by atomic mass is 32.2. The third kappa shape index (κ3) is 2.62. The van der Waals surface area contributed by atoms with E-state index in [1.807, 2.05) is 23.5 Å². The number of hydrogen-bond donors (Lipinski definition) is 2. The van der Waals surface area contributed by atoms with Crippen molar-refractivity contribution in [2.75, 3.05) is 23.8 Å². The van der Waals surface area contributed by atoms with Crippen molar-refractivity contribution < 1.29 is 9.63 Å². The predicted molar refractivity (Wildman–Crippen MR) is 68.2 cm³/mol. The Morgan fingerprint density at radius 1 is 1.41 bits per heavy atom. The van der Waals surface area contributed by atoms with E-state index >= 15 is 0 Å². The van der Waals surface area contributed by atoms with E-state index in [0.717, 1.165) is 17.3 Å². The first-order valence-corrected chi connectivity index (χ1v) is 7.97. The van der Waals surface area contributed by atoms with Crippen LogP contribution in [0.3, 0.4) is 0 Å². The number of β-amino-alcohol motifs (C(OH)–C–C–N with tert-alkyl or cyclic N) is 1. The van der Waals surface area contributed by atoms with Gasteiger partial charge < -0.3 is 14.9 Å². The van der Waals surface area contributed by atoms with Crippen LogP contribution in [0.15, 0.2) is 4.52 Å². The van der Waals surface area contributed by atoms with E-state index in [2.05, 4.69) is 15.5 Å². The van der Waals surface area contributed by atoms with Crippen molar-refractivity contribution in [3.63, 3.8) is 0 Å². The van der Waals surface area contributed by atoms with E-state index in [-0.39, 0.29) is 12.1 Å². The van der Waals surface area contributed by atoms with Crippen molar-refractivity contribution in [3.8, 4) is 0 Å². The average Bonchev–Trinajstić information content (AvgIpc) is 2.98. The van der Waals surface area contributed by atoms with E-state index in [0.29, 0.717) is 24.1 Å². The van der Waals surface area contributed by atoms with Gasteiger partial charge in [-0.25, -0.2) is 0 Å². The van der Waals surface area contributed by atoms with E-state index in [4.69, 9.17) is 4.52 Å². The van der Waals surface area contributed by atoms with E-state index in [1.54, 1.807) is 0 Å². The van der Waals surface area contributed by atoms with Gasteiger partial charge in [-0.2, -0.15) is 16.7 Å². The number of hydrogen-bond acceptors (Lipinski definition) is 7. The molecule has 0 aromatic carbocycles. The molecule has 3 atom stereocenters. The lowest BCUT2D eigenvalue weighted by Crippen LogP contribution is -2.15. The van der Waals surface area contributed by atoms with Gasteiger partial charge in [-0.3, -0.25) is 0 Å². The van der Waals surface area contributed by atoms with Crippen molar-refractivity contribution in [1.82, 2.24) is 15.5 Å². The molecule has 5 nitrogen and oxygen atoms in total. The molecular formula is C10H15N3O2S2. The fourth-order valence-corrected chi connectivity index (χ4v) is 4.65. The molecule has 2 aliphatic heterocycles. The van der Waals surface area contributed by atoms with Gasteiger partial charge in [-0.15, -0.1) is 11.8 Å². The number of aliphatic hydroxyl groups excluding tert-OH is 1. The lowest BCUT2D eigenvalue weighted by Gasteiger charge is -2.17. The Labute approximate surface area is 108 Å². The van der Waals surface area contributed by atoms with Crippen LogP contribution in [0.1, 0.15) is 29.4 Å². The van der Waals surface area contributed by atoms with Gasteiger partial charge in [-0.05, 0) is 6.42 Å². The highest BCUT2D eigenvalue weighted by molar-refractivity contribution is 8.06. The molecule has 17 heavy (non-hydrogen) atoms. The minimum Gasteiger partial charge on any atom is -0.392 e. The fourth-order valence-electron chi connectivity index (χ4n) is 2.06. The quantitative estimate of drug-likeness (QED) is 0.832. The SMILES string of the molecule is O[C@@H]1CN[C@H](c2nc(C3CSCCS3)no2)C1. The predicted octanol–water partition coefficient (Wildman–Crippen LogP) is 0.986. The molecule has 2 fully saturated rings. The number of nitrogens with zero attached hydrogens (tertiary/aromatic N) is 2. The van der Waals surface area contributed by atoms with Gasteiger partial charge >= 0.3 is 0 Å². The summed E-state index contributed by atoms with van der Waals surface area (Å²) in [6.07, 6.45) is 0.365. The summed E-state index contributed by atoms with van der Waals surface area (Å²) in [6.45, 7) is 0.608. The highest BCUT2D eigenvalue weighted by Crippen LogP contribution is 2.35. The topological polar surface area (TPSA) is 71.2 Å². The Hall–Kier alpha value is -0.240. The average molecular weight is 273 g/mol. The minimum absolute atomic E-state index is 0.0208. The maximum atomic E-state index is 9.46. The zero-order chi connectivity index (χ0) is 11.7. The Morgan fingerprint density at radius 3 is 3.06 bits per heavy atom. The number of aromatic nitrogens is 2. The number of rotatable bonds is 2. The molecule has 94 valence electrons. The van der Waals surface area contributed by atoms with Gasteiger partial charge in [0.1, 0.15) is 0 Å². The maximum absolute atomic E-state index is 9.46. The summed E-state index contributed by atoms with van der Waals surface area (Å²) in [7, 11) is 0. The Morgan fingerprint density at radius 2 is 2.35 bits per heavy atom. The van der Waals surface area contributed by atoms with Crippen LogP contribution in [0.2, 0.25) is 0 Å². The standard InChI is InChI=1S/C10H15N3O2S2/c14-6-3-7(11-4-6)10-12-9(13-15-10)8-5-16-1-2-17-8/h6-8,11,14H,1-5H2/t6-,7-,8?/m0/s1. The zero-order valence-corrected chi connectivity index (χ0v) is 11.0. The molecule has 1 aromatic heterocycles. The molecule has 1 unspecified atom stereocenters. The van der Waals surface area contributed by atoms with Gasteiger partial charge in [0.05, 0.1) is 17.4 Å². The van der Waals surface area contributed by atoms with Gasteiger partial charge in [0.15, 0.2) is 5.82 Å². The largest absolute Gasteiger partial charge is 0.392 e. The summed E-state index contributed by atoms with van der Waals surface area (Å²) in [6, 6.07) is 0.0208. The van der Waals surface area contributed by atoms with Crippen molar-refractivity contribution in [1.29, 1.82) is 0 Å². The van der Waals surface area contributed by atoms with Crippen LogP contribution < -0.4 is 5.32 Å². The third-order valence-electron chi connectivity index (χ3n) is 2.97. The summed E-state index contributed by atoms with van der Waals surface area (Å²) in [5, 5.41) is 17.1. The van der Waals surface area contributed by atoms with Crippen molar-refractivity contribution in [2.45, 2.75) is 23.8 Å². The second-order valence-electron chi connectivity index (χ2n) is 4.28. The van der Waals surface area contributed by atoms with Crippen LogP contribution in [0.25, 0.3) is 0 Å². The Balaban J connectivity index is 1.69. The van der Waals surface area contributed by atoms with Crippen LogP contribution in [0, 0.1) is 0 Å². The highest BCUT2D eigenvalue weighted by Gasteiger charge is 2.29. The molecule has 2 saturated heterocycles. The molecule has 2 aliphatic rings. The molecule has 0 aliphatic carbocycles. The number of nitrogens with one attached hydrogen (secondary N) is 1. The normalized spacial score (nSPS) is 34.1. The second kappa shape index (κ2) is 5.17. The first-order chi connectivity index (χ1) is 8.33. The molecular weight excluding hydrogens is 258 g/mol. The van der Waals surface area contributed by atoms with Gasteiger partial charge in [-0.1, -0.05) is 5.16 Å². The lowest BCUT2D eigenvalue weighted by atomic mass is 10.2.